The highest BCUT2D eigenvalue weighted by Gasteiger charge is 2.25. The summed E-state index contributed by atoms with van der Waals surface area (Å²) in [5, 5.41) is 3.19. The van der Waals surface area contributed by atoms with E-state index in [0.717, 1.165) is 12.8 Å². The molecule has 1 aliphatic carbocycles. The lowest BCUT2D eigenvalue weighted by atomic mass is 10.1. The van der Waals surface area contributed by atoms with Gasteiger partial charge in [-0.25, -0.2) is 4.79 Å². The smallest absolute Gasteiger partial charge is 0.340 e. The molecule has 0 radical (unpaired) electrons. The van der Waals surface area contributed by atoms with Crippen molar-refractivity contribution in [1.82, 2.24) is 5.32 Å². The Morgan fingerprint density at radius 1 is 1.48 bits per heavy atom. The van der Waals surface area contributed by atoms with Crippen LogP contribution in [0.1, 0.15) is 23.2 Å². The van der Waals surface area contributed by atoms with E-state index in [2.05, 4.69) is 5.32 Å². The van der Waals surface area contributed by atoms with Gasteiger partial charge in [-0.05, 0) is 25.0 Å². The molecule has 0 bridgehead atoms. The van der Waals surface area contributed by atoms with Gasteiger partial charge in [0, 0.05) is 18.8 Å². The van der Waals surface area contributed by atoms with Gasteiger partial charge in [-0.3, -0.25) is 4.79 Å². The van der Waals surface area contributed by atoms with E-state index in [0.29, 0.717) is 16.4 Å². The number of nitrogens with two attached hydrogens (primary N) is 1. The first kappa shape index (κ1) is 15.4. The molecule has 0 saturated heterocycles. The Hall–Kier alpha value is -1.95. The van der Waals surface area contributed by atoms with Crippen molar-refractivity contribution in [2.45, 2.75) is 18.9 Å². The summed E-state index contributed by atoms with van der Waals surface area (Å²) in [4.78, 5) is 25.3. The Bertz CT molecular complexity index is 573. The summed E-state index contributed by atoms with van der Waals surface area (Å²) in [6.07, 6.45) is 2.04. The number of nitrogen functional groups attached to an aromatic ring is 1. The number of benzene rings is 1. The van der Waals surface area contributed by atoms with Crippen molar-refractivity contribution >= 4 is 34.9 Å². The molecule has 0 unspecified atom stereocenters. The molecule has 1 saturated carbocycles. The van der Waals surface area contributed by atoms with Crippen molar-refractivity contribution in [1.29, 1.82) is 0 Å². The van der Waals surface area contributed by atoms with Crippen molar-refractivity contribution in [2.75, 3.05) is 31.3 Å². The molecule has 0 aromatic heterocycles. The van der Waals surface area contributed by atoms with Crippen LogP contribution in [0.15, 0.2) is 12.1 Å². The highest BCUT2D eigenvalue weighted by molar-refractivity contribution is 6.34. The number of hydrogen-bond acceptors (Lipinski definition) is 5. The molecule has 0 heterocycles. The molecule has 3 N–H and O–H groups in total. The number of nitrogens with one attached hydrogen (secondary N) is 1. The summed E-state index contributed by atoms with van der Waals surface area (Å²) >= 11 is 6.17. The lowest BCUT2D eigenvalue weighted by molar-refractivity contribution is -0.119. The zero-order valence-corrected chi connectivity index (χ0v) is 12.7. The highest BCUT2D eigenvalue weighted by Crippen LogP contribution is 2.32. The van der Waals surface area contributed by atoms with Gasteiger partial charge in [0.15, 0.2) is 0 Å². The van der Waals surface area contributed by atoms with Crippen LogP contribution in [0.25, 0.3) is 0 Å². The molecule has 1 aromatic carbocycles. The van der Waals surface area contributed by atoms with Gasteiger partial charge in [0.2, 0.25) is 5.91 Å². The third kappa shape index (κ3) is 3.78. The van der Waals surface area contributed by atoms with Crippen molar-refractivity contribution in [2.24, 2.45) is 0 Å². The number of anilines is 2. The molecular formula is C14H18ClN3O3. The number of esters is 1. The Balaban J connectivity index is 2.23. The van der Waals surface area contributed by atoms with E-state index in [-0.39, 0.29) is 24.1 Å². The molecule has 6 nitrogen and oxygen atoms in total. The fraction of sp³-hybridized carbons (Fsp3) is 0.429. The Labute approximate surface area is 128 Å². The van der Waals surface area contributed by atoms with E-state index < -0.39 is 5.97 Å². The molecule has 1 aromatic rings. The number of rotatable bonds is 5. The number of likely N-dealkylation sites (N-methyl/N-ethyl adjacent to an activating group) is 1. The van der Waals surface area contributed by atoms with Gasteiger partial charge in [-0.15, -0.1) is 0 Å². The molecule has 2 rings (SSSR count). The van der Waals surface area contributed by atoms with Crippen LogP contribution < -0.4 is 16.0 Å². The fourth-order valence-electron chi connectivity index (χ4n) is 2.07. The average molecular weight is 312 g/mol. The van der Waals surface area contributed by atoms with Gasteiger partial charge in [0.25, 0.3) is 0 Å². The van der Waals surface area contributed by atoms with E-state index in [4.69, 9.17) is 22.1 Å². The summed E-state index contributed by atoms with van der Waals surface area (Å²) in [7, 11) is 2.97. The van der Waals surface area contributed by atoms with E-state index in [9.17, 15) is 9.59 Å². The van der Waals surface area contributed by atoms with Crippen molar-refractivity contribution in [3.63, 3.8) is 0 Å². The second-order valence-corrected chi connectivity index (χ2v) is 5.50. The second kappa shape index (κ2) is 6.22. The molecule has 7 heteroatoms. The standard InChI is InChI=1S/C14H18ClN3O3/c1-18(7-12(19)17-9-3-4-9)13-10(14(20)21-2)5-8(16)6-11(13)15/h5-6,9H,3-4,7,16H2,1-2H3,(H,17,19). The van der Waals surface area contributed by atoms with E-state index in [1.807, 2.05) is 0 Å². The molecule has 21 heavy (non-hydrogen) atoms. The molecule has 1 fully saturated rings. The van der Waals surface area contributed by atoms with Crippen molar-refractivity contribution in [3.05, 3.63) is 22.7 Å². The molecule has 0 atom stereocenters. The monoisotopic (exact) mass is 311 g/mol. The third-order valence-electron chi connectivity index (χ3n) is 3.20. The quantitative estimate of drug-likeness (QED) is 0.634. The Morgan fingerprint density at radius 2 is 2.14 bits per heavy atom. The number of carbonyl (C=O) groups is 2. The van der Waals surface area contributed by atoms with E-state index >= 15 is 0 Å². The fourth-order valence-corrected chi connectivity index (χ4v) is 2.44. The minimum atomic E-state index is -0.548. The summed E-state index contributed by atoms with van der Waals surface area (Å²) in [6, 6.07) is 3.31. The summed E-state index contributed by atoms with van der Waals surface area (Å²) in [5.74, 6) is -0.655. The van der Waals surface area contributed by atoms with Crippen LogP contribution in [0, 0.1) is 0 Å². The van der Waals surface area contributed by atoms with Crippen molar-refractivity contribution < 1.29 is 14.3 Å². The van der Waals surface area contributed by atoms with Crippen LogP contribution in [-0.4, -0.2) is 38.6 Å². The zero-order valence-electron chi connectivity index (χ0n) is 12.0. The summed E-state index contributed by atoms with van der Waals surface area (Å²) < 4.78 is 4.74. The molecular weight excluding hydrogens is 294 g/mol. The van der Waals surface area contributed by atoms with Gasteiger partial charge in [0.05, 0.1) is 29.9 Å². The first-order valence-electron chi connectivity index (χ1n) is 6.60. The van der Waals surface area contributed by atoms with Crippen LogP contribution in [-0.2, 0) is 9.53 Å². The normalized spacial score (nSPS) is 13.7. The molecule has 0 aliphatic heterocycles. The maximum Gasteiger partial charge on any atom is 0.340 e. The lowest BCUT2D eigenvalue weighted by Gasteiger charge is -2.23. The number of hydrogen-bond donors (Lipinski definition) is 2. The van der Waals surface area contributed by atoms with Gasteiger partial charge in [-0.1, -0.05) is 11.6 Å². The maximum atomic E-state index is 11.9. The number of methoxy groups -OCH3 is 1. The van der Waals surface area contributed by atoms with Crippen LogP contribution in [0.4, 0.5) is 11.4 Å². The predicted octanol–water partition coefficient (Wildman–Crippen LogP) is 1.42. The first-order valence-corrected chi connectivity index (χ1v) is 6.98. The molecule has 1 amide bonds. The summed E-state index contributed by atoms with van der Waals surface area (Å²) in [6.45, 7) is 0.101. The molecule has 1 aliphatic rings. The van der Waals surface area contributed by atoms with Crippen molar-refractivity contribution in [3.8, 4) is 0 Å². The van der Waals surface area contributed by atoms with Crippen LogP contribution >= 0.6 is 11.6 Å². The Morgan fingerprint density at radius 3 is 2.71 bits per heavy atom. The SMILES string of the molecule is COC(=O)c1cc(N)cc(Cl)c1N(C)CC(=O)NC1CC1. The largest absolute Gasteiger partial charge is 0.465 e. The molecule has 114 valence electrons. The number of carbonyl (C=O) groups excluding carboxylic acids is 2. The van der Waals surface area contributed by atoms with Crippen LogP contribution in [0.3, 0.4) is 0 Å². The molecule has 0 spiro atoms. The Kier molecular flexibility index (Phi) is 4.57. The van der Waals surface area contributed by atoms with Crippen LogP contribution in [0.2, 0.25) is 5.02 Å². The lowest BCUT2D eigenvalue weighted by Crippen LogP contribution is -2.37. The van der Waals surface area contributed by atoms with Gasteiger partial charge >= 0.3 is 5.97 Å². The second-order valence-electron chi connectivity index (χ2n) is 5.09. The van der Waals surface area contributed by atoms with Gasteiger partial charge < -0.3 is 20.7 Å². The van der Waals surface area contributed by atoms with E-state index in [1.165, 1.54) is 13.2 Å². The maximum absolute atomic E-state index is 11.9. The minimum absolute atomic E-state index is 0.101. The van der Waals surface area contributed by atoms with Gasteiger partial charge in [0.1, 0.15) is 0 Å². The first-order chi connectivity index (χ1) is 9.92. The number of amides is 1. The topological polar surface area (TPSA) is 84.7 Å². The van der Waals surface area contributed by atoms with Gasteiger partial charge in [-0.2, -0.15) is 0 Å². The zero-order chi connectivity index (χ0) is 15.6. The highest BCUT2D eigenvalue weighted by atomic mass is 35.5. The minimum Gasteiger partial charge on any atom is -0.465 e. The average Bonchev–Trinajstić information content (AvgIpc) is 3.20. The van der Waals surface area contributed by atoms with E-state index in [1.54, 1.807) is 18.0 Å². The van der Waals surface area contributed by atoms with Crippen LogP contribution in [0.5, 0.6) is 0 Å². The number of ether oxygens (including phenoxy) is 1. The summed E-state index contributed by atoms with van der Waals surface area (Å²) in [5.41, 5.74) is 6.74. The third-order valence-corrected chi connectivity index (χ3v) is 3.48. The predicted molar refractivity (Wildman–Crippen MR) is 81.6 cm³/mol. The number of nitrogens with zero attached hydrogens (tertiary/aromatic N) is 1. The number of halogens is 1.